The van der Waals surface area contributed by atoms with Gasteiger partial charge in [-0.15, -0.1) is 0 Å². The maximum atomic E-state index is 14.8. The van der Waals surface area contributed by atoms with E-state index in [4.69, 9.17) is 4.98 Å². The molecule has 6 amide bonds. The Morgan fingerprint density at radius 3 is 1.54 bits per heavy atom. The number of carbonyl (C=O) groups excluding carboxylic acids is 4. The van der Waals surface area contributed by atoms with Crippen LogP contribution in [0.1, 0.15) is 49.4 Å². The number of nitrogens with one attached hydrogen (secondary N) is 5. The van der Waals surface area contributed by atoms with E-state index in [1.165, 1.54) is 19.2 Å². The Hall–Kier alpha value is -8.05. The van der Waals surface area contributed by atoms with Crippen LogP contribution in [0.15, 0.2) is 78.0 Å². The van der Waals surface area contributed by atoms with E-state index in [9.17, 15) is 45.2 Å². The molecule has 23 heteroatoms. The molecule has 0 radical (unpaired) electrons. The highest BCUT2D eigenvalue weighted by atomic mass is 32.2. The first kappa shape index (κ1) is 50.8. The summed E-state index contributed by atoms with van der Waals surface area (Å²) in [5.41, 5.74) is 3.24. The minimum Gasteiger partial charge on any atom is -0.355 e. The standard InChI is InChI=1S/C26H29F2N7O2.C22H19F2N5O4S/c1-15-9-10-16(24(36)29-2)13-17(15)21-18-14-31-26(37)35(22-19(27)7-5-8-20(22)28)23(18)33-25(32-21)30-11-6-12-34(3)4;1-11-7-8-12(20(30)25-2)9-13(11)17-14-10-26-22(31)29(18-15(23)5-4-6-16(18)24)19(14)28-21(27-17)34(3,32)33/h5,7-10,13H,6,11-12,14H2,1-4H3,(H,29,36)(H,31,37)(H,30,32,33);4-9H,10H2,1-3H3,(H,25,30)(H,26,31). The Morgan fingerprint density at radius 1 is 0.676 bits per heavy atom. The molecule has 0 atom stereocenters. The monoisotopic (exact) mass is 996 g/mol. The number of hydrogen-bond acceptors (Lipinski definition) is 12. The van der Waals surface area contributed by atoms with Crippen molar-refractivity contribution >= 4 is 62.7 Å². The number of urea groups is 2. The number of para-hydroxylation sites is 2. The van der Waals surface area contributed by atoms with Gasteiger partial charge >= 0.3 is 12.1 Å². The molecule has 0 unspecified atom stereocenters. The number of rotatable bonds is 12. The number of aryl methyl sites for hydroxylation is 2. The first-order valence-electron chi connectivity index (χ1n) is 21.8. The van der Waals surface area contributed by atoms with Crippen LogP contribution in [0, 0.1) is 37.1 Å². The second-order valence-corrected chi connectivity index (χ2v) is 18.5. The number of aromatic nitrogens is 4. The normalized spacial score (nSPS) is 13.1. The second-order valence-electron chi connectivity index (χ2n) is 16.6. The smallest absolute Gasteiger partial charge is 0.328 e. The van der Waals surface area contributed by atoms with Crippen molar-refractivity contribution in [2.24, 2.45) is 0 Å². The third-order valence-corrected chi connectivity index (χ3v) is 12.1. The van der Waals surface area contributed by atoms with Gasteiger partial charge in [0.2, 0.25) is 20.9 Å². The Balaban J connectivity index is 0.000000209. The van der Waals surface area contributed by atoms with Crippen LogP contribution in [0.4, 0.5) is 56.1 Å². The molecular formula is C48H48F4N12O6S. The number of hydrogen-bond donors (Lipinski definition) is 5. The zero-order valence-corrected chi connectivity index (χ0v) is 40.3. The van der Waals surface area contributed by atoms with Crippen LogP contribution < -0.4 is 36.4 Å². The highest BCUT2D eigenvalue weighted by molar-refractivity contribution is 7.90. The summed E-state index contributed by atoms with van der Waals surface area (Å²) in [6.07, 6.45) is 1.67. The summed E-state index contributed by atoms with van der Waals surface area (Å²) >= 11 is 0. The van der Waals surface area contributed by atoms with E-state index in [1.54, 1.807) is 44.3 Å². The van der Waals surface area contributed by atoms with Crippen molar-refractivity contribution in [1.29, 1.82) is 0 Å². The van der Waals surface area contributed by atoms with Crippen LogP contribution in [0.3, 0.4) is 0 Å². The lowest BCUT2D eigenvalue weighted by atomic mass is 9.97. The van der Waals surface area contributed by atoms with Crippen molar-refractivity contribution in [2.75, 3.05) is 62.7 Å². The Morgan fingerprint density at radius 2 is 1.11 bits per heavy atom. The van der Waals surface area contributed by atoms with E-state index in [1.807, 2.05) is 25.9 Å². The third kappa shape index (κ3) is 10.6. The van der Waals surface area contributed by atoms with Gasteiger partial charge in [0.1, 0.15) is 34.6 Å². The molecule has 0 bridgehead atoms. The van der Waals surface area contributed by atoms with Crippen LogP contribution in [0.2, 0.25) is 0 Å². The zero-order valence-electron chi connectivity index (χ0n) is 39.5. The van der Waals surface area contributed by atoms with Gasteiger partial charge in [-0.05, 0) is 101 Å². The summed E-state index contributed by atoms with van der Waals surface area (Å²) in [5.74, 6) is -4.54. The van der Waals surface area contributed by atoms with Crippen LogP contribution in [-0.2, 0) is 22.9 Å². The molecule has 5 N–H and O–H groups in total. The fourth-order valence-electron chi connectivity index (χ4n) is 7.73. The zero-order chi connectivity index (χ0) is 51.5. The molecule has 2 aliphatic heterocycles. The van der Waals surface area contributed by atoms with Gasteiger partial charge in [0.15, 0.2) is 11.6 Å². The van der Waals surface area contributed by atoms with Gasteiger partial charge < -0.3 is 31.5 Å². The van der Waals surface area contributed by atoms with E-state index >= 15 is 0 Å². The van der Waals surface area contributed by atoms with Crippen molar-refractivity contribution < 1.29 is 45.2 Å². The number of fused-ring (bicyclic) bond motifs is 2. The Kier molecular flexibility index (Phi) is 15.0. The third-order valence-electron chi connectivity index (χ3n) is 11.3. The summed E-state index contributed by atoms with van der Waals surface area (Å²) < 4.78 is 83.7. The first-order chi connectivity index (χ1) is 33.7. The molecule has 6 aromatic rings. The number of amides is 6. The molecule has 4 aromatic carbocycles. The van der Waals surface area contributed by atoms with Gasteiger partial charge in [-0.2, -0.15) is 9.97 Å². The van der Waals surface area contributed by atoms with E-state index < -0.39 is 61.7 Å². The minimum atomic E-state index is -4.00. The molecule has 0 fully saturated rings. The summed E-state index contributed by atoms with van der Waals surface area (Å²) in [6, 6.07) is 14.8. The van der Waals surface area contributed by atoms with Crippen LogP contribution in [-0.4, -0.2) is 105 Å². The molecule has 71 heavy (non-hydrogen) atoms. The van der Waals surface area contributed by atoms with Crippen molar-refractivity contribution in [3.05, 3.63) is 129 Å². The van der Waals surface area contributed by atoms with E-state index in [-0.39, 0.29) is 59.3 Å². The molecule has 8 rings (SSSR count). The summed E-state index contributed by atoms with van der Waals surface area (Å²) in [7, 11) is 2.94. The lowest BCUT2D eigenvalue weighted by Crippen LogP contribution is -2.43. The van der Waals surface area contributed by atoms with Crippen LogP contribution in [0.5, 0.6) is 0 Å². The average molecular weight is 997 g/mol. The molecule has 0 aliphatic carbocycles. The maximum Gasteiger partial charge on any atom is 0.328 e. The predicted molar refractivity (Wildman–Crippen MR) is 257 cm³/mol. The number of anilines is 5. The topological polar surface area (TPSA) is 224 Å². The van der Waals surface area contributed by atoms with Crippen molar-refractivity contribution in [1.82, 2.24) is 46.1 Å². The highest BCUT2D eigenvalue weighted by Crippen LogP contribution is 2.41. The number of halogens is 4. The number of benzene rings is 4. The molecule has 0 saturated carbocycles. The van der Waals surface area contributed by atoms with Crippen LogP contribution in [0.25, 0.3) is 22.5 Å². The number of nitrogens with zero attached hydrogens (tertiary/aromatic N) is 7. The van der Waals surface area contributed by atoms with E-state index in [0.29, 0.717) is 45.0 Å². The van der Waals surface area contributed by atoms with Crippen LogP contribution >= 0.6 is 0 Å². The molecule has 18 nitrogen and oxygen atoms in total. The Labute approximate surface area is 405 Å². The molecule has 2 aromatic heterocycles. The summed E-state index contributed by atoms with van der Waals surface area (Å²) in [4.78, 5) is 71.3. The van der Waals surface area contributed by atoms with Gasteiger partial charge in [0.05, 0.1) is 24.5 Å². The maximum absolute atomic E-state index is 14.8. The van der Waals surface area contributed by atoms with Gasteiger partial charge in [0.25, 0.3) is 11.8 Å². The van der Waals surface area contributed by atoms with Gasteiger partial charge in [-0.1, -0.05) is 24.3 Å². The molecule has 2 aliphatic rings. The van der Waals surface area contributed by atoms with Gasteiger partial charge in [0, 0.05) is 60.3 Å². The molecule has 370 valence electrons. The van der Waals surface area contributed by atoms with E-state index in [2.05, 4.69) is 41.5 Å². The van der Waals surface area contributed by atoms with Gasteiger partial charge in [-0.25, -0.2) is 55.3 Å². The fraction of sp³-hybridized carbons (Fsp3) is 0.250. The van der Waals surface area contributed by atoms with Crippen molar-refractivity contribution in [3.63, 3.8) is 0 Å². The Bertz CT molecular complexity index is 3190. The molecular weight excluding hydrogens is 949 g/mol. The lowest BCUT2D eigenvalue weighted by Gasteiger charge is -2.31. The summed E-state index contributed by atoms with van der Waals surface area (Å²) in [6.45, 7) is 4.87. The second kappa shape index (κ2) is 20.9. The quantitative estimate of drug-likeness (QED) is 0.0493. The van der Waals surface area contributed by atoms with Gasteiger partial charge in [-0.3, -0.25) is 9.59 Å². The highest BCUT2D eigenvalue weighted by Gasteiger charge is 2.37. The minimum absolute atomic E-state index is 0.0423. The largest absolute Gasteiger partial charge is 0.355 e. The number of sulfone groups is 1. The first-order valence-corrected chi connectivity index (χ1v) is 23.7. The predicted octanol–water partition coefficient (Wildman–Crippen LogP) is 6.67. The SMILES string of the molecule is CNC(=O)c1ccc(C)c(-c2nc(NCCCN(C)C)nc3c2CNC(=O)N3c2c(F)cccc2F)c1.CNC(=O)c1ccc(C)c(-c2nc(S(C)(=O)=O)nc3c2CNC(=O)N3c2c(F)cccc2F)c1. The van der Waals surface area contributed by atoms with Crippen molar-refractivity contribution in [2.45, 2.75) is 38.5 Å². The van der Waals surface area contributed by atoms with Crippen molar-refractivity contribution in [3.8, 4) is 22.5 Å². The number of carbonyl (C=O) groups is 4. The fourth-order valence-corrected chi connectivity index (χ4v) is 8.24. The summed E-state index contributed by atoms with van der Waals surface area (Å²) in [5, 5.41) is 12.8. The van der Waals surface area contributed by atoms with E-state index in [0.717, 1.165) is 60.0 Å². The molecule has 0 saturated heterocycles. The molecule has 0 spiro atoms. The lowest BCUT2D eigenvalue weighted by molar-refractivity contribution is 0.0955. The average Bonchev–Trinajstić information content (AvgIpc) is 3.33. The molecule has 4 heterocycles.